The summed E-state index contributed by atoms with van der Waals surface area (Å²) in [7, 11) is 0. The minimum absolute atomic E-state index is 0.244. The Morgan fingerprint density at radius 3 is 2.92 bits per heavy atom. The third-order valence-corrected chi connectivity index (χ3v) is 5.33. The van der Waals surface area contributed by atoms with Crippen LogP contribution in [-0.2, 0) is 12.3 Å². The fourth-order valence-corrected chi connectivity index (χ4v) is 3.71. The second-order valence-corrected chi connectivity index (χ2v) is 7.11. The highest BCUT2D eigenvalue weighted by Gasteiger charge is 2.06. The molecule has 2 N–H and O–H groups in total. The van der Waals surface area contributed by atoms with Crippen molar-refractivity contribution in [2.24, 2.45) is 0 Å². The number of nitrogens with zero attached hydrogens (tertiary/aromatic N) is 3. The van der Waals surface area contributed by atoms with Gasteiger partial charge in [0.25, 0.3) is 6.20 Å². The second-order valence-electron chi connectivity index (χ2n) is 5.06. The van der Waals surface area contributed by atoms with E-state index in [1.54, 1.807) is 23.1 Å². The Morgan fingerprint density at radius 2 is 2.28 bits per heavy atom. The molecule has 1 aromatic heterocycles. The minimum Gasteiger partial charge on any atom is -0.366 e. The van der Waals surface area contributed by atoms with E-state index >= 15 is 0 Å². The van der Waals surface area contributed by atoms with Crippen molar-refractivity contribution < 1.29 is 4.92 Å². The monoisotopic (exact) mass is 383 g/mol. The number of thioether (sulfide) groups is 1. The summed E-state index contributed by atoms with van der Waals surface area (Å²) in [5.74, 6) is 4.38. The van der Waals surface area contributed by atoms with Crippen molar-refractivity contribution in [1.29, 1.82) is 0 Å². The molecule has 138 valence electrons. The summed E-state index contributed by atoms with van der Waals surface area (Å²) in [4.78, 5) is 17.0. The Balaban J connectivity index is 2.30. The summed E-state index contributed by atoms with van der Waals surface area (Å²) >= 11 is 3.42. The lowest BCUT2D eigenvalue weighted by atomic mass is 10.4. The molecular formula is C16H25N5O2S2. The summed E-state index contributed by atoms with van der Waals surface area (Å²) < 4.78 is 0. The van der Waals surface area contributed by atoms with E-state index < -0.39 is 4.92 Å². The summed E-state index contributed by atoms with van der Waals surface area (Å²) in [6.45, 7) is 8.11. The normalized spacial score (nSPS) is 11.4. The molecule has 0 spiro atoms. The van der Waals surface area contributed by atoms with Gasteiger partial charge in [0.05, 0.1) is 17.2 Å². The molecule has 0 bridgehead atoms. The zero-order chi connectivity index (χ0) is 18.5. The molecule has 0 aliphatic carbocycles. The zero-order valence-electron chi connectivity index (χ0n) is 14.7. The maximum Gasteiger partial charge on any atom is 0.274 e. The Bertz CT molecular complexity index is 594. The SMILES string of the molecule is C#CCN/C(=C/[N+](=O)[O-])NCCSCc1nc(CN(CC)CC)cs1. The van der Waals surface area contributed by atoms with E-state index in [0.29, 0.717) is 12.4 Å². The van der Waals surface area contributed by atoms with Crippen LogP contribution in [0.15, 0.2) is 17.4 Å². The fourth-order valence-electron chi connectivity index (χ4n) is 1.99. The Morgan fingerprint density at radius 1 is 1.52 bits per heavy atom. The van der Waals surface area contributed by atoms with Gasteiger partial charge >= 0.3 is 0 Å². The molecule has 1 heterocycles. The van der Waals surface area contributed by atoms with Crippen LogP contribution in [0.25, 0.3) is 0 Å². The summed E-state index contributed by atoms with van der Waals surface area (Å²) in [5, 5.41) is 19.6. The first-order chi connectivity index (χ1) is 12.1. The topological polar surface area (TPSA) is 83.3 Å². The van der Waals surface area contributed by atoms with Crippen LogP contribution in [0.5, 0.6) is 0 Å². The van der Waals surface area contributed by atoms with Crippen molar-refractivity contribution >= 4 is 23.1 Å². The summed E-state index contributed by atoms with van der Waals surface area (Å²) in [6.07, 6.45) is 6.04. The fraction of sp³-hybridized carbons (Fsp3) is 0.562. The molecule has 0 amide bonds. The molecule has 7 nitrogen and oxygen atoms in total. The predicted octanol–water partition coefficient (Wildman–Crippen LogP) is 2.11. The predicted molar refractivity (Wildman–Crippen MR) is 105 cm³/mol. The summed E-state index contributed by atoms with van der Waals surface area (Å²) in [5.41, 5.74) is 1.12. The van der Waals surface area contributed by atoms with Crippen LogP contribution in [0.3, 0.4) is 0 Å². The molecule has 1 rings (SSSR count). The first kappa shape index (κ1) is 21.3. The van der Waals surface area contributed by atoms with Gasteiger partial charge in [-0.05, 0) is 13.1 Å². The lowest BCUT2D eigenvalue weighted by Gasteiger charge is -2.15. The average molecular weight is 384 g/mol. The number of aromatic nitrogens is 1. The number of terminal acetylenes is 1. The van der Waals surface area contributed by atoms with Gasteiger partial charge in [0.15, 0.2) is 5.82 Å². The van der Waals surface area contributed by atoms with Crippen molar-refractivity contribution in [3.05, 3.63) is 38.2 Å². The van der Waals surface area contributed by atoms with E-state index in [0.717, 1.165) is 48.0 Å². The van der Waals surface area contributed by atoms with Gasteiger partial charge in [-0.15, -0.1) is 17.8 Å². The lowest BCUT2D eigenvalue weighted by molar-refractivity contribution is -0.404. The van der Waals surface area contributed by atoms with E-state index in [1.807, 2.05) is 0 Å². The lowest BCUT2D eigenvalue weighted by Crippen LogP contribution is -2.29. The molecule has 0 saturated heterocycles. The van der Waals surface area contributed by atoms with Gasteiger partial charge in [-0.2, -0.15) is 11.8 Å². The molecule has 0 aromatic carbocycles. The Labute approximate surface area is 157 Å². The smallest absolute Gasteiger partial charge is 0.274 e. The van der Waals surface area contributed by atoms with E-state index in [1.165, 1.54) is 0 Å². The van der Waals surface area contributed by atoms with E-state index in [9.17, 15) is 10.1 Å². The average Bonchev–Trinajstić information content (AvgIpc) is 3.04. The minimum atomic E-state index is -0.508. The third-order valence-electron chi connectivity index (χ3n) is 3.28. The highest BCUT2D eigenvalue weighted by molar-refractivity contribution is 7.98. The van der Waals surface area contributed by atoms with Gasteiger partial charge in [0.2, 0.25) is 0 Å². The molecule has 25 heavy (non-hydrogen) atoms. The molecule has 1 aromatic rings. The van der Waals surface area contributed by atoms with Gasteiger partial charge in [0, 0.05) is 30.0 Å². The summed E-state index contributed by atoms with van der Waals surface area (Å²) in [6, 6.07) is 0. The van der Waals surface area contributed by atoms with Crippen LogP contribution < -0.4 is 10.6 Å². The first-order valence-electron chi connectivity index (χ1n) is 8.08. The van der Waals surface area contributed by atoms with Gasteiger partial charge in [-0.25, -0.2) is 4.98 Å². The largest absolute Gasteiger partial charge is 0.366 e. The number of rotatable bonds is 13. The van der Waals surface area contributed by atoms with Crippen molar-refractivity contribution in [1.82, 2.24) is 20.5 Å². The first-order valence-corrected chi connectivity index (χ1v) is 10.1. The third kappa shape index (κ3) is 9.34. The van der Waals surface area contributed by atoms with E-state index in [-0.39, 0.29) is 6.54 Å². The number of hydrogen-bond donors (Lipinski definition) is 2. The van der Waals surface area contributed by atoms with Gasteiger partial charge in [-0.1, -0.05) is 19.8 Å². The molecule has 9 heteroatoms. The van der Waals surface area contributed by atoms with Crippen molar-refractivity contribution in [2.75, 3.05) is 31.9 Å². The van der Waals surface area contributed by atoms with Crippen LogP contribution in [0, 0.1) is 22.5 Å². The van der Waals surface area contributed by atoms with Crippen LogP contribution in [0.4, 0.5) is 0 Å². The molecule has 0 aliphatic rings. The number of hydrogen-bond acceptors (Lipinski definition) is 8. The van der Waals surface area contributed by atoms with E-state index in [4.69, 9.17) is 6.42 Å². The molecule has 0 aliphatic heterocycles. The van der Waals surface area contributed by atoms with Gasteiger partial charge in [-0.3, -0.25) is 15.0 Å². The van der Waals surface area contributed by atoms with E-state index in [2.05, 4.69) is 45.7 Å². The molecule has 0 radical (unpaired) electrons. The van der Waals surface area contributed by atoms with Crippen molar-refractivity contribution in [3.63, 3.8) is 0 Å². The van der Waals surface area contributed by atoms with Gasteiger partial charge in [0.1, 0.15) is 5.01 Å². The maximum atomic E-state index is 10.6. The van der Waals surface area contributed by atoms with Crippen LogP contribution in [-0.4, -0.2) is 46.7 Å². The molecule has 0 saturated carbocycles. The Hall–Kier alpha value is -1.76. The Kier molecular flexibility index (Phi) is 10.7. The standard InChI is InChI=1S/C16H25N5O2S2/c1-4-7-17-15(11-21(22)23)18-8-9-24-13-16-19-14(12-25-16)10-20(5-2)6-3/h1,11-12,17-18H,5-10,13H2,2-3H3/b15-11-. The van der Waals surface area contributed by atoms with Gasteiger partial charge < -0.3 is 10.6 Å². The van der Waals surface area contributed by atoms with Crippen LogP contribution in [0.2, 0.25) is 0 Å². The van der Waals surface area contributed by atoms with Crippen LogP contribution >= 0.6 is 23.1 Å². The highest BCUT2D eigenvalue weighted by atomic mass is 32.2. The second kappa shape index (κ2) is 12.6. The van der Waals surface area contributed by atoms with Crippen molar-refractivity contribution in [3.8, 4) is 12.3 Å². The zero-order valence-corrected chi connectivity index (χ0v) is 16.3. The molecule has 0 unspecified atom stereocenters. The van der Waals surface area contributed by atoms with Crippen molar-refractivity contribution in [2.45, 2.75) is 26.1 Å². The maximum absolute atomic E-state index is 10.6. The molecule has 0 fully saturated rings. The quantitative estimate of drug-likeness (QED) is 0.234. The highest BCUT2D eigenvalue weighted by Crippen LogP contribution is 2.17. The molecular weight excluding hydrogens is 358 g/mol. The number of thiazole rings is 1. The number of nitro groups is 1. The number of nitrogens with one attached hydrogen (secondary N) is 2. The molecule has 0 atom stereocenters. The van der Waals surface area contributed by atoms with Crippen LogP contribution in [0.1, 0.15) is 24.5 Å².